The van der Waals surface area contributed by atoms with Crippen LogP contribution >= 0.6 is 7.60 Å². The van der Waals surface area contributed by atoms with Crippen LogP contribution in [0, 0.1) is 0 Å². The Morgan fingerprint density at radius 1 is 1.15 bits per heavy atom. The van der Waals surface area contributed by atoms with Crippen LogP contribution in [0.2, 0.25) is 0 Å². The number of hydrogen-bond donors (Lipinski definition) is 3. The molecule has 0 aliphatic carbocycles. The summed E-state index contributed by atoms with van der Waals surface area (Å²) in [4.78, 5) is 0. The number of aliphatic hydroxyl groups excluding tert-OH is 2. The Balaban J connectivity index is 3.92. The summed E-state index contributed by atoms with van der Waals surface area (Å²) >= 11 is 0. The van der Waals surface area contributed by atoms with Gasteiger partial charge in [-0.25, -0.2) is 0 Å². The number of hydrogen-bond acceptors (Lipinski definition) is 6. The minimum atomic E-state index is -3.24. The first-order valence-corrected chi connectivity index (χ1v) is 5.71. The smallest absolute Gasteiger partial charge is 0.333 e. The monoisotopic (exact) mass is 213 g/mol. The molecular weight excluding hydrogens is 197 g/mol. The molecular formula is C6H16NO5P. The molecule has 13 heavy (non-hydrogen) atoms. The third-order valence-corrected chi connectivity index (χ3v) is 3.06. The Hall–Kier alpha value is 0.0300. The standard InChI is InChI=1S/C6H16NO5P/c7-1-4-11-13(10,6-3-9)12-5-2-8/h8-9H,1-7H2. The fraction of sp³-hybridized carbons (Fsp3) is 1.00. The van der Waals surface area contributed by atoms with E-state index in [4.69, 9.17) is 25.0 Å². The molecule has 0 bridgehead atoms. The molecule has 80 valence electrons. The zero-order chi connectivity index (χ0) is 10.2. The topological polar surface area (TPSA) is 102 Å². The first-order chi connectivity index (χ1) is 6.18. The van der Waals surface area contributed by atoms with E-state index in [-0.39, 0.29) is 39.1 Å². The van der Waals surface area contributed by atoms with Crippen molar-refractivity contribution in [1.82, 2.24) is 0 Å². The molecule has 7 heteroatoms. The lowest BCUT2D eigenvalue weighted by molar-refractivity contribution is 0.159. The van der Waals surface area contributed by atoms with Crippen LogP contribution in [0.15, 0.2) is 0 Å². The van der Waals surface area contributed by atoms with E-state index < -0.39 is 7.60 Å². The van der Waals surface area contributed by atoms with Gasteiger partial charge in [0.05, 0.1) is 32.6 Å². The highest BCUT2D eigenvalue weighted by atomic mass is 31.2. The molecule has 0 aromatic heterocycles. The molecule has 0 rings (SSSR count). The molecule has 4 N–H and O–H groups in total. The fourth-order valence-corrected chi connectivity index (χ4v) is 1.98. The number of nitrogens with two attached hydrogens (primary N) is 1. The molecule has 1 unspecified atom stereocenters. The van der Waals surface area contributed by atoms with Crippen LogP contribution in [-0.2, 0) is 13.6 Å². The van der Waals surface area contributed by atoms with E-state index in [9.17, 15) is 4.57 Å². The maximum absolute atomic E-state index is 11.6. The molecule has 0 aliphatic heterocycles. The molecule has 0 saturated heterocycles. The third kappa shape index (κ3) is 6.15. The average molecular weight is 213 g/mol. The molecule has 6 nitrogen and oxygen atoms in total. The summed E-state index contributed by atoms with van der Waals surface area (Å²) in [6.45, 7) is -0.239. The summed E-state index contributed by atoms with van der Waals surface area (Å²) < 4.78 is 21.2. The van der Waals surface area contributed by atoms with E-state index in [1.807, 2.05) is 0 Å². The summed E-state index contributed by atoms with van der Waals surface area (Å²) in [7, 11) is -3.24. The highest BCUT2D eigenvalue weighted by molar-refractivity contribution is 7.53. The second-order valence-electron chi connectivity index (χ2n) is 2.24. The molecule has 0 fully saturated rings. The van der Waals surface area contributed by atoms with Crippen molar-refractivity contribution in [2.45, 2.75) is 0 Å². The number of rotatable bonds is 8. The minimum absolute atomic E-state index is 0.0676. The third-order valence-electron chi connectivity index (χ3n) is 1.16. The summed E-state index contributed by atoms with van der Waals surface area (Å²) in [6.07, 6.45) is -0.0764. The minimum Gasteiger partial charge on any atom is -0.396 e. The van der Waals surface area contributed by atoms with Crippen molar-refractivity contribution < 1.29 is 23.8 Å². The van der Waals surface area contributed by atoms with E-state index in [1.165, 1.54) is 0 Å². The Kier molecular flexibility index (Phi) is 7.45. The van der Waals surface area contributed by atoms with Crippen molar-refractivity contribution in [3.8, 4) is 0 Å². The highest BCUT2D eigenvalue weighted by Gasteiger charge is 2.23. The van der Waals surface area contributed by atoms with Crippen LogP contribution < -0.4 is 5.73 Å². The van der Waals surface area contributed by atoms with Gasteiger partial charge in [0.15, 0.2) is 0 Å². The second-order valence-corrected chi connectivity index (χ2v) is 4.42. The Labute approximate surface area is 77.2 Å². The van der Waals surface area contributed by atoms with Crippen molar-refractivity contribution >= 4 is 7.60 Å². The van der Waals surface area contributed by atoms with Crippen molar-refractivity contribution in [1.29, 1.82) is 0 Å². The molecule has 0 heterocycles. The summed E-state index contributed by atoms with van der Waals surface area (Å²) in [5, 5.41) is 17.0. The van der Waals surface area contributed by atoms with Crippen LogP contribution in [0.5, 0.6) is 0 Å². The Morgan fingerprint density at radius 2 is 1.77 bits per heavy atom. The zero-order valence-corrected chi connectivity index (χ0v) is 8.28. The number of aliphatic hydroxyl groups is 2. The first-order valence-electron chi connectivity index (χ1n) is 3.98. The molecule has 0 spiro atoms. The van der Waals surface area contributed by atoms with Crippen molar-refractivity contribution in [2.75, 3.05) is 39.1 Å². The van der Waals surface area contributed by atoms with Gasteiger partial charge in [-0.15, -0.1) is 0 Å². The van der Waals surface area contributed by atoms with Gasteiger partial charge in [0.1, 0.15) is 0 Å². The lowest BCUT2D eigenvalue weighted by atomic mass is 10.8. The summed E-state index contributed by atoms with van der Waals surface area (Å²) in [6, 6.07) is 0. The van der Waals surface area contributed by atoms with Crippen LogP contribution in [-0.4, -0.2) is 49.3 Å². The van der Waals surface area contributed by atoms with Gasteiger partial charge in [-0.3, -0.25) is 4.57 Å². The van der Waals surface area contributed by atoms with E-state index in [1.54, 1.807) is 0 Å². The largest absolute Gasteiger partial charge is 0.396 e. The Bertz CT molecular complexity index is 153. The SMILES string of the molecule is NCCOP(=O)(CCO)OCCO. The van der Waals surface area contributed by atoms with Gasteiger partial charge in [-0.2, -0.15) is 0 Å². The molecule has 1 atom stereocenters. The maximum atomic E-state index is 11.6. The van der Waals surface area contributed by atoms with Crippen molar-refractivity contribution in [2.24, 2.45) is 5.73 Å². The molecule has 0 amide bonds. The molecule has 0 aromatic rings. The average Bonchev–Trinajstić information content (AvgIpc) is 2.12. The normalized spacial score (nSPS) is 15.6. The quantitative estimate of drug-likeness (QED) is 0.454. The van der Waals surface area contributed by atoms with Gasteiger partial charge < -0.3 is 25.0 Å². The lowest BCUT2D eigenvalue weighted by Crippen LogP contribution is -2.12. The van der Waals surface area contributed by atoms with Crippen molar-refractivity contribution in [3.63, 3.8) is 0 Å². The molecule has 0 aromatic carbocycles. The summed E-state index contributed by atoms with van der Waals surface area (Å²) in [5.74, 6) is 0. The van der Waals surface area contributed by atoms with Gasteiger partial charge in [0, 0.05) is 6.54 Å². The molecule has 0 radical (unpaired) electrons. The van der Waals surface area contributed by atoms with Gasteiger partial charge >= 0.3 is 7.60 Å². The van der Waals surface area contributed by atoms with Gasteiger partial charge in [-0.1, -0.05) is 0 Å². The van der Waals surface area contributed by atoms with E-state index in [0.717, 1.165) is 0 Å². The summed E-state index contributed by atoms with van der Waals surface area (Å²) in [5.41, 5.74) is 5.15. The van der Waals surface area contributed by atoms with E-state index in [2.05, 4.69) is 0 Å². The zero-order valence-electron chi connectivity index (χ0n) is 7.39. The van der Waals surface area contributed by atoms with Crippen LogP contribution in [0.1, 0.15) is 0 Å². The van der Waals surface area contributed by atoms with Crippen LogP contribution in [0.25, 0.3) is 0 Å². The molecule has 0 saturated carbocycles. The predicted octanol–water partition coefficient (Wildman–Crippen LogP) is -0.844. The second kappa shape index (κ2) is 7.44. The van der Waals surface area contributed by atoms with Crippen LogP contribution in [0.4, 0.5) is 0 Å². The fourth-order valence-electron chi connectivity index (χ4n) is 0.661. The van der Waals surface area contributed by atoms with Gasteiger partial charge in [-0.05, 0) is 0 Å². The maximum Gasteiger partial charge on any atom is 0.333 e. The van der Waals surface area contributed by atoms with Gasteiger partial charge in [0.2, 0.25) is 0 Å². The van der Waals surface area contributed by atoms with Crippen molar-refractivity contribution in [3.05, 3.63) is 0 Å². The van der Waals surface area contributed by atoms with Crippen LogP contribution in [0.3, 0.4) is 0 Å². The molecule has 0 aliphatic rings. The first kappa shape index (κ1) is 13.0. The van der Waals surface area contributed by atoms with Gasteiger partial charge in [0.25, 0.3) is 0 Å². The van der Waals surface area contributed by atoms with E-state index >= 15 is 0 Å². The highest BCUT2D eigenvalue weighted by Crippen LogP contribution is 2.47. The predicted molar refractivity (Wildman–Crippen MR) is 47.6 cm³/mol. The van der Waals surface area contributed by atoms with E-state index in [0.29, 0.717) is 0 Å². The Morgan fingerprint density at radius 3 is 2.23 bits per heavy atom. The lowest BCUT2D eigenvalue weighted by Gasteiger charge is -2.16.